The van der Waals surface area contributed by atoms with Gasteiger partial charge in [0.1, 0.15) is 16.6 Å². The maximum absolute atomic E-state index is 13.5. The maximum atomic E-state index is 13.5. The number of urea groups is 1. The second kappa shape index (κ2) is 7.34. The molecular formula is C22H26N4O3S. The van der Waals surface area contributed by atoms with E-state index in [0.717, 1.165) is 52.2 Å². The number of rotatable bonds is 3. The number of benzene rings is 1. The second-order valence-electron chi connectivity index (χ2n) is 8.63. The van der Waals surface area contributed by atoms with Crippen LogP contribution >= 0.6 is 11.3 Å². The lowest BCUT2D eigenvalue weighted by Crippen LogP contribution is -2.52. The van der Waals surface area contributed by atoms with Gasteiger partial charge in [0, 0.05) is 6.54 Å². The molecular weight excluding hydrogens is 400 g/mol. The Morgan fingerprint density at radius 2 is 1.97 bits per heavy atom. The molecule has 3 aliphatic rings. The van der Waals surface area contributed by atoms with Gasteiger partial charge in [0.05, 0.1) is 16.3 Å². The summed E-state index contributed by atoms with van der Waals surface area (Å²) in [5, 5.41) is 3.82. The lowest BCUT2D eigenvalue weighted by atomic mass is 9.97. The van der Waals surface area contributed by atoms with Crippen LogP contribution in [-0.4, -0.2) is 50.8 Å². The molecule has 30 heavy (non-hydrogen) atoms. The van der Waals surface area contributed by atoms with Crippen molar-refractivity contribution in [2.45, 2.75) is 69.5 Å². The molecule has 2 saturated heterocycles. The zero-order valence-electron chi connectivity index (χ0n) is 17.1. The zero-order valence-corrected chi connectivity index (χ0v) is 17.9. The molecule has 7 nitrogen and oxygen atoms in total. The number of aromatic nitrogens is 1. The van der Waals surface area contributed by atoms with E-state index in [4.69, 9.17) is 4.98 Å². The number of likely N-dealkylation sites (tertiary alicyclic amines) is 1. The first kappa shape index (κ1) is 19.5. The van der Waals surface area contributed by atoms with Crippen molar-refractivity contribution < 1.29 is 14.4 Å². The van der Waals surface area contributed by atoms with Crippen LogP contribution in [0.25, 0.3) is 10.2 Å². The lowest BCUT2D eigenvalue weighted by molar-refractivity contribution is -0.145. The van der Waals surface area contributed by atoms with Gasteiger partial charge in [0.15, 0.2) is 0 Å². The molecule has 1 aromatic heterocycles. The number of fused-ring (bicyclic) bond motifs is 1. The summed E-state index contributed by atoms with van der Waals surface area (Å²) in [4.78, 5) is 47.0. The number of amides is 4. The van der Waals surface area contributed by atoms with Gasteiger partial charge in [-0.05, 0) is 51.2 Å². The summed E-state index contributed by atoms with van der Waals surface area (Å²) in [6, 6.07) is 6.64. The summed E-state index contributed by atoms with van der Waals surface area (Å²) in [6.07, 6.45) is 5.97. The zero-order chi connectivity index (χ0) is 20.9. The third-order valence-corrected chi connectivity index (χ3v) is 7.91. The van der Waals surface area contributed by atoms with E-state index in [0.29, 0.717) is 19.4 Å². The minimum atomic E-state index is -0.813. The summed E-state index contributed by atoms with van der Waals surface area (Å²) < 4.78 is 1.11. The first-order valence-electron chi connectivity index (χ1n) is 10.8. The minimum absolute atomic E-state index is 0.104. The summed E-state index contributed by atoms with van der Waals surface area (Å²) in [7, 11) is 0. The van der Waals surface area contributed by atoms with Gasteiger partial charge in [0.25, 0.3) is 5.91 Å². The fourth-order valence-corrected chi connectivity index (χ4v) is 6.26. The number of carbonyl (C=O) groups excluding carboxylic acids is 3. The third kappa shape index (κ3) is 3.00. The Kier molecular flexibility index (Phi) is 4.76. The molecule has 1 N–H and O–H groups in total. The van der Waals surface area contributed by atoms with E-state index in [2.05, 4.69) is 5.32 Å². The topological polar surface area (TPSA) is 82.6 Å². The van der Waals surface area contributed by atoms with Crippen molar-refractivity contribution in [1.82, 2.24) is 20.1 Å². The van der Waals surface area contributed by atoms with Gasteiger partial charge >= 0.3 is 6.03 Å². The molecule has 0 bridgehead atoms. The molecule has 0 radical (unpaired) electrons. The van der Waals surface area contributed by atoms with E-state index in [9.17, 15) is 14.4 Å². The normalized spacial score (nSPS) is 24.6. The van der Waals surface area contributed by atoms with E-state index in [1.165, 1.54) is 0 Å². The molecule has 1 aromatic carbocycles. The quantitative estimate of drug-likeness (QED) is 0.760. The minimum Gasteiger partial charge on any atom is -0.331 e. The van der Waals surface area contributed by atoms with Crippen molar-refractivity contribution in [3.63, 3.8) is 0 Å². The Morgan fingerprint density at radius 1 is 1.20 bits per heavy atom. The van der Waals surface area contributed by atoms with Crippen molar-refractivity contribution in [3.05, 3.63) is 29.3 Å². The van der Waals surface area contributed by atoms with Gasteiger partial charge in [-0.2, -0.15) is 0 Å². The third-order valence-electron chi connectivity index (χ3n) is 6.78. The molecule has 5 rings (SSSR count). The number of nitrogens with one attached hydrogen (secondary N) is 1. The number of nitrogens with zero attached hydrogens (tertiary/aromatic N) is 3. The van der Waals surface area contributed by atoms with Crippen molar-refractivity contribution in [2.75, 3.05) is 6.54 Å². The van der Waals surface area contributed by atoms with Gasteiger partial charge in [-0.3, -0.25) is 9.59 Å². The Bertz CT molecular complexity index is 980. The Morgan fingerprint density at radius 3 is 2.73 bits per heavy atom. The highest BCUT2D eigenvalue weighted by atomic mass is 32.1. The Balaban J connectivity index is 1.40. The van der Waals surface area contributed by atoms with E-state index >= 15 is 0 Å². The number of hydrogen-bond donors (Lipinski definition) is 1. The van der Waals surface area contributed by atoms with Gasteiger partial charge in [-0.1, -0.05) is 25.0 Å². The number of imide groups is 1. The molecule has 2 aromatic rings. The molecule has 1 saturated carbocycles. The molecule has 2 unspecified atom stereocenters. The molecule has 8 heteroatoms. The summed E-state index contributed by atoms with van der Waals surface area (Å²) in [5.41, 5.74) is 0.153. The molecule has 2 aliphatic heterocycles. The molecule has 1 spiro atoms. The molecule has 4 amide bonds. The first-order chi connectivity index (χ1) is 14.5. The van der Waals surface area contributed by atoms with Crippen LogP contribution in [0.1, 0.15) is 62.9 Å². The second-order valence-corrected chi connectivity index (χ2v) is 9.70. The van der Waals surface area contributed by atoms with Crippen LogP contribution in [0.4, 0.5) is 4.79 Å². The van der Waals surface area contributed by atoms with Crippen LogP contribution in [0.15, 0.2) is 24.3 Å². The highest BCUT2D eigenvalue weighted by Crippen LogP contribution is 2.38. The van der Waals surface area contributed by atoms with Crippen molar-refractivity contribution in [3.8, 4) is 0 Å². The summed E-state index contributed by atoms with van der Waals surface area (Å²) in [6.45, 7) is 2.30. The van der Waals surface area contributed by atoms with E-state index in [-0.39, 0.29) is 17.9 Å². The van der Waals surface area contributed by atoms with E-state index in [1.54, 1.807) is 18.3 Å². The largest absolute Gasteiger partial charge is 0.331 e. The molecule has 2 atom stereocenters. The van der Waals surface area contributed by atoms with Gasteiger partial charge in [-0.15, -0.1) is 11.3 Å². The van der Waals surface area contributed by atoms with Crippen LogP contribution in [-0.2, 0) is 9.59 Å². The summed E-state index contributed by atoms with van der Waals surface area (Å²) >= 11 is 1.62. The highest BCUT2D eigenvalue weighted by Gasteiger charge is 2.55. The van der Waals surface area contributed by atoms with Gasteiger partial charge < -0.3 is 10.2 Å². The number of hydrogen-bond acceptors (Lipinski definition) is 5. The van der Waals surface area contributed by atoms with Crippen LogP contribution in [0.2, 0.25) is 0 Å². The predicted molar refractivity (Wildman–Crippen MR) is 114 cm³/mol. The Labute approximate surface area is 179 Å². The molecule has 1 aliphatic carbocycles. The average molecular weight is 427 g/mol. The SMILES string of the molecule is CC(C(=O)N1CCCCC1c1nc2ccccc2s1)N1C(=O)NC2(CCCC2)C1=O. The number of piperidine rings is 1. The predicted octanol–water partition coefficient (Wildman–Crippen LogP) is 3.60. The Hall–Kier alpha value is -2.48. The van der Waals surface area contributed by atoms with Crippen LogP contribution in [0.3, 0.4) is 0 Å². The average Bonchev–Trinajstić information content (AvgIpc) is 3.45. The van der Waals surface area contributed by atoms with Crippen LogP contribution < -0.4 is 5.32 Å². The molecule has 158 valence electrons. The lowest BCUT2D eigenvalue weighted by Gasteiger charge is -2.37. The maximum Gasteiger partial charge on any atom is 0.325 e. The van der Waals surface area contributed by atoms with Crippen LogP contribution in [0, 0.1) is 0 Å². The van der Waals surface area contributed by atoms with Crippen molar-refractivity contribution in [2.24, 2.45) is 0 Å². The van der Waals surface area contributed by atoms with Crippen molar-refractivity contribution >= 4 is 39.4 Å². The standard InChI is InChI=1S/C22H26N4O3S/c1-14(26-20(28)22(24-21(26)29)11-5-6-12-22)19(27)25-13-7-4-9-16(25)18-23-15-8-2-3-10-17(15)30-18/h2-3,8,10,14,16H,4-7,9,11-13H2,1H3,(H,24,29). The fourth-order valence-electron chi connectivity index (χ4n) is 5.15. The molecule has 3 heterocycles. The van der Waals surface area contributed by atoms with Crippen molar-refractivity contribution in [1.29, 1.82) is 0 Å². The molecule has 3 fully saturated rings. The van der Waals surface area contributed by atoms with Crippen LogP contribution in [0.5, 0.6) is 0 Å². The fraction of sp³-hybridized carbons (Fsp3) is 0.545. The summed E-state index contributed by atoms with van der Waals surface area (Å²) in [5.74, 6) is -0.406. The van der Waals surface area contributed by atoms with E-state index < -0.39 is 17.6 Å². The smallest absolute Gasteiger partial charge is 0.325 e. The van der Waals surface area contributed by atoms with Gasteiger partial charge in [-0.25, -0.2) is 14.7 Å². The number of thiazole rings is 1. The number of para-hydroxylation sites is 1. The highest BCUT2D eigenvalue weighted by molar-refractivity contribution is 7.18. The first-order valence-corrected chi connectivity index (χ1v) is 11.6. The van der Waals surface area contributed by atoms with E-state index in [1.807, 2.05) is 29.2 Å². The number of carbonyl (C=O) groups is 3. The van der Waals surface area contributed by atoms with Gasteiger partial charge in [0.2, 0.25) is 5.91 Å². The monoisotopic (exact) mass is 426 g/mol.